The van der Waals surface area contributed by atoms with Gasteiger partial charge in [-0.2, -0.15) is 0 Å². The lowest BCUT2D eigenvalue weighted by atomic mass is 10.2. The molecule has 0 bridgehead atoms. The largest absolute Gasteiger partial charge is 0.497 e. The highest BCUT2D eigenvalue weighted by Crippen LogP contribution is 2.31. The first kappa shape index (κ1) is 20.8. The van der Waals surface area contributed by atoms with Crippen LogP contribution in [-0.2, 0) is 11.2 Å². The fraction of sp³-hybridized carbons (Fsp3) is 0.391. The molecule has 0 spiro atoms. The molecule has 158 valence electrons. The average molecular weight is 426 g/mol. The quantitative estimate of drug-likeness (QED) is 0.576. The molecule has 0 aliphatic carbocycles. The number of rotatable bonds is 7. The van der Waals surface area contributed by atoms with Crippen LogP contribution in [0.1, 0.15) is 22.8 Å². The number of amides is 1. The first-order valence-electron chi connectivity index (χ1n) is 10.3. The molecule has 2 heterocycles. The second kappa shape index (κ2) is 9.55. The van der Waals surface area contributed by atoms with Gasteiger partial charge < -0.3 is 9.47 Å². The van der Waals surface area contributed by atoms with E-state index in [0.29, 0.717) is 12.1 Å². The number of carbonyl (C=O) groups excluding carboxylic acids is 1. The molecule has 1 fully saturated rings. The second-order valence-corrected chi connectivity index (χ2v) is 8.30. The van der Waals surface area contributed by atoms with Crippen molar-refractivity contribution < 1.29 is 14.3 Å². The maximum absolute atomic E-state index is 13.4. The normalized spacial score (nSPS) is 14.7. The van der Waals surface area contributed by atoms with Crippen molar-refractivity contribution in [3.63, 3.8) is 0 Å². The summed E-state index contributed by atoms with van der Waals surface area (Å²) in [6, 6.07) is 13.6. The number of nitrogens with zero attached hydrogens (tertiary/aromatic N) is 3. The van der Waals surface area contributed by atoms with E-state index in [0.717, 1.165) is 60.4 Å². The van der Waals surface area contributed by atoms with Gasteiger partial charge in [-0.1, -0.05) is 24.3 Å². The third kappa shape index (κ3) is 4.64. The number of anilines is 1. The van der Waals surface area contributed by atoms with E-state index in [4.69, 9.17) is 14.5 Å². The van der Waals surface area contributed by atoms with Gasteiger partial charge in [-0.05, 0) is 48.4 Å². The van der Waals surface area contributed by atoms with Crippen molar-refractivity contribution in [2.75, 3.05) is 51.4 Å². The number of fused-ring (bicyclic) bond motifs is 1. The van der Waals surface area contributed by atoms with Gasteiger partial charge in [-0.25, -0.2) is 4.98 Å². The second-order valence-electron chi connectivity index (χ2n) is 7.29. The summed E-state index contributed by atoms with van der Waals surface area (Å²) in [5.41, 5.74) is 2.84. The van der Waals surface area contributed by atoms with Gasteiger partial charge in [0.15, 0.2) is 5.13 Å². The molecular formula is C23H27N3O3S. The Kier molecular flexibility index (Phi) is 6.62. The number of hydrogen-bond acceptors (Lipinski definition) is 6. The molecule has 6 nitrogen and oxygen atoms in total. The molecule has 1 aliphatic heterocycles. The van der Waals surface area contributed by atoms with Crippen LogP contribution in [0.3, 0.4) is 0 Å². The summed E-state index contributed by atoms with van der Waals surface area (Å²) in [6.07, 6.45) is 0.981. The van der Waals surface area contributed by atoms with Crippen molar-refractivity contribution in [3.05, 3.63) is 53.6 Å². The Morgan fingerprint density at radius 2 is 1.97 bits per heavy atom. The van der Waals surface area contributed by atoms with E-state index in [9.17, 15) is 4.79 Å². The van der Waals surface area contributed by atoms with Gasteiger partial charge in [-0.15, -0.1) is 0 Å². The molecule has 30 heavy (non-hydrogen) atoms. The van der Waals surface area contributed by atoms with Gasteiger partial charge in [0.1, 0.15) is 5.75 Å². The number of hydrogen-bond donors (Lipinski definition) is 0. The van der Waals surface area contributed by atoms with E-state index in [1.54, 1.807) is 18.4 Å². The minimum Gasteiger partial charge on any atom is -0.497 e. The number of aromatic nitrogens is 1. The van der Waals surface area contributed by atoms with Gasteiger partial charge in [0.25, 0.3) is 5.91 Å². The zero-order chi connectivity index (χ0) is 20.9. The fourth-order valence-electron chi connectivity index (χ4n) is 3.53. The molecule has 1 saturated heterocycles. The van der Waals surface area contributed by atoms with Crippen LogP contribution in [0.25, 0.3) is 10.2 Å². The van der Waals surface area contributed by atoms with Gasteiger partial charge in [0.05, 0.1) is 30.5 Å². The van der Waals surface area contributed by atoms with Crippen LogP contribution in [0.4, 0.5) is 5.13 Å². The molecule has 2 aromatic carbocycles. The predicted octanol–water partition coefficient (Wildman–Crippen LogP) is 3.85. The molecule has 4 rings (SSSR count). The molecule has 0 saturated carbocycles. The summed E-state index contributed by atoms with van der Waals surface area (Å²) < 4.78 is 11.8. The molecule has 1 aliphatic rings. The van der Waals surface area contributed by atoms with Crippen LogP contribution in [0.2, 0.25) is 0 Å². The van der Waals surface area contributed by atoms with E-state index in [1.165, 1.54) is 5.56 Å². The van der Waals surface area contributed by atoms with E-state index < -0.39 is 0 Å². The molecular weight excluding hydrogens is 398 g/mol. The van der Waals surface area contributed by atoms with Crippen LogP contribution in [-0.4, -0.2) is 62.3 Å². The van der Waals surface area contributed by atoms with Crippen molar-refractivity contribution in [2.45, 2.75) is 13.3 Å². The van der Waals surface area contributed by atoms with Crippen molar-refractivity contribution in [2.24, 2.45) is 0 Å². The molecule has 0 radical (unpaired) electrons. The number of thiazole rings is 1. The lowest BCUT2D eigenvalue weighted by molar-refractivity contribution is 0.0391. The van der Waals surface area contributed by atoms with E-state index in [2.05, 4.69) is 24.0 Å². The Morgan fingerprint density at radius 3 is 2.67 bits per heavy atom. The van der Waals surface area contributed by atoms with Crippen molar-refractivity contribution in [1.29, 1.82) is 0 Å². The Bertz CT molecular complexity index is 997. The molecule has 1 amide bonds. The Morgan fingerprint density at radius 1 is 1.20 bits per heavy atom. The summed E-state index contributed by atoms with van der Waals surface area (Å²) in [5, 5.41) is 0.743. The van der Waals surface area contributed by atoms with Crippen LogP contribution in [0.15, 0.2) is 42.5 Å². The van der Waals surface area contributed by atoms with Gasteiger partial charge in [0.2, 0.25) is 0 Å². The van der Waals surface area contributed by atoms with Crippen LogP contribution in [0.5, 0.6) is 5.75 Å². The summed E-state index contributed by atoms with van der Waals surface area (Å²) >= 11 is 1.58. The monoisotopic (exact) mass is 425 g/mol. The minimum absolute atomic E-state index is 0.0410. The first-order chi connectivity index (χ1) is 14.7. The minimum atomic E-state index is -0.0410. The third-order valence-electron chi connectivity index (χ3n) is 5.41. The lowest BCUT2D eigenvalue weighted by Crippen LogP contribution is -2.43. The van der Waals surface area contributed by atoms with Crippen LogP contribution >= 0.6 is 11.3 Å². The van der Waals surface area contributed by atoms with Gasteiger partial charge in [0, 0.05) is 31.7 Å². The highest BCUT2D eigenvalue weighted by Gasteiger charge is 2.23. The summed E-state index contributed by atoms with van der Waals surface area (Å²) in [7, 11) is 1.62. The number of aryl methyl sites for hydroxylation is 1. The molecule has 0 unspecified atom stereocenters. The Hall–Kier alpha value is -2.48. The van der Waals surface area contributed by atoms with Crippen molar-refractivity contribution in [1.82, 2.24) is 9.88 Å². The Labute approximate surface area is 181 Å². The van der Waals surface area contributed by atoms with Crippen LogP contribution < -0.4 is 9.64 Å². The van der Waals surface area contributed by atoms with Crippen molar-refractivity contribution >= 4 is 32.6 Å². The van der Waals surface area contributed by atoms with E-state index in [-0.39, 0.29) is 5.91 Å². The first-order valence-corrected chi connectivity index (χ1v) is 11.1. The molecule has 0 N–H and O–H groups in total. The topological polar surface area (TPSA) is 54.9 Å². The van der Waals surface area contributed by atoms with Crippen LogP contribution in [0, 0.1) is 0 Å². The predicted molar refractivity (Wildman–Crippen MR) is 121 cm³/mol. The number of carbonyl (C=O) groups is 1. The maximum Gasteiger partial charge on any atom is 0.260 e. The van der Waals surface area contributed by atoms with E-state index >= 15 is 0 Å². The third-order valence-corrected chi connectivity index (χ3v) is 6.45. The summed E-state index contributed by atoms with van der Waals surface area (Å²) in [5.74, 6) is 0.694. The molecule has 0 atom stereocenters. The standard InChI is InChI=1S/C23H27N3O3S/c1-3-17-4-9-20-21(16-17)30-23(24-20)26(11-10-25-12-14-29-15-13-25)22(27)18-5-7-19(28-2)8-6-18/h4-9,16H,3,10-15H2,1-2H3. The van der Waals surface area contributed by atoms with E-state index in [1.807, 2.05) is 35.2 Å². The Balaban J connectivity index is 1.62. The SMILES string of the molecule is CCc1ccc2nc(N(CCN3CCOCC3)C(=O)c3ccc(OC)cc3)sc2c1. The van der Waals surface area contributed by atoms with Crippen molar-refractivity contribution in [3.8, 4) is 5.75 Å². The van der Waals surface area contributed by atoms with Gasteiger partial charge >= 0.3 is 0 Å². The summed E-state index contributed by atoms with van der Waals surface area (Å²) in [6.45, 7) is 6.80. The molecule has 3 aromatic rings. The number of morpholine rings is 1. The number of benzene rings is 2. The zero-order valence-corrected chi connectivity index (χ0v) is 18.3. The van der Waals surface area contributed by atoms with Gasteiger partial charge in [-0.3, -0.25) is 14.6 Å². The highest BCUT2D eigenvalue weighted by atomic mass is 32.1. The molecule has 1 aromatic heterocycles. The fourth-order valence-corrected chi connectivity index (χ4v) is 4.59. The zero-order valence-electron chi connectivity index (χ0n) is 17.5. The number of methoxy groups -OCH3 is 1. The average Bonchev–Trinajstić information content (AvgIpc) is 3.22. The highest BCUT2D eigenvalue weighted by molar-refractivity contribution is 7.22. The number of ether oxygens (including phenoxy) is 2. The summed E-state index contributed by atoms with van der Waals surface area (Å²) in [4.78, 5) is 22.4. The maximum atomic E-state index is 13.4. The smallest absolute Gasteiger partial charge is 0.260 e. The lowest BCUT2D eigenvalue weighted by Gasteiger charge is -2.29. The molecule has 7 heteroatoms.